The summed E-state index contributed by atoms with van der Waals surface area (Å²) in [5.74, 6) is 0. The van der Waals surface area contributed by atoms with Gasteiger partial charge in [0.05, 0.1) is 25.4 Å². The van der Waals surface area contributed by atoms with Gasteiger partial charge in [-0.1, -0.05) is 0 Å². The molecule has 2 aliphatic heterocycles. The Hall–Kier alpha value is -0.200. The van der Waals surface area contributed by atoms with Crippen LogP contribution in [0, 0.1) is 0 Å². The minimum atomic E-state index is -0.283. The van der Waals surface area contributed by atoms with Gasteiger partial charge in [0.2, 0.25) is 0 Å². The number of rotatable bonds is 6. The van der Waals surface area contributed by atoms with E-state index in [0.717, 1.165) is 59.0 Å². The molecule has 0 aromatic heterocycles. The van der Waals surface area contributed by atoms with E-state index in [1.807, 2.05) is 0 Å². The van der Waals surface area contributed by atoms with Crippen LogP contribution >= 0.6 is 0 Å². The molecule has 0 radical (unpaired) electrons. The van der Waals surface area contributed by atoms with Crippen LogP contribution in [0.5, 0.6) is 0 Å². The zero-order valence-corrected chi connectivity index (χ0v) is 11.4. The van der Waals surface area contributed by atoms with Gasteiger partial charge in [0, 0.05) is 39.3 Å². The maximum absolute atomic E-state index is 10.1. The van der Waals surface area contributed by atoms with Crippen molar-refractivity contribution < 1.29 is 14.6 Å². The maximum atomic E-state index is 10.1. The summed E-state index contributed by atoms with van der Waals surface area (Å²) >= 11 is 0. The molecule has 0 saturated carbocycles. The highest BCUT2D eigenvalue weighted by atomic mass is 16.5. The second kappa shape index (κ2) is 7.40. The third-order valence-electron chi connectivity index (χ3n) is 3.63. The molecule has 0 bridgehead atoms. The van der Waals surface area contributed by atoms with Gasteiger partial charge < -0.3 is 19.5 Å². The lowest BCUT2D eigenvalue weighted by Gasteiger charge is -2.30. The molecule has 0 spiro atoms. The maximum Gasteiger partial charge on any atom is 0.0793 e. The molecule has 0 aromatic carbocycles. The Kier molecular flexibility index (Phi) is 5.85. The summed E-state index contributed by atoms with van der Waals surface area (Å²) in [4.78, 5) is 4.45. The van der Waals surface area contributed by atoms with Crippen molar-refractivity contribution in [2.75, 3.05) is 59.6 Å². The first-order valence-corrected chi connectivity index (χ1v) is 7.02. The van der Waals surface area contributed by atoms with E-state index in [1.54, 1.807) is 0 Å². The van der Waals surface area contributed by atoms with E-state index < -0.39 is 0 Å². The number of aliphatic hydroxyl groups excluding tert-OH is 1. The van der Waals surface area contributed by atoms with E-state index in [0.29, 0.717) is 6.10 Å². The number of hydrogen-bond acceptors (Lipinski definition) is 5. The van der Waals surface area contributed by atoms with Crippen molar-refractivity contribution >= 4 is 0 Å². The van der Waals surface area contributed by atoms with E-state index in [4.69, 9.17) is 9.47 Å². The second-order valence-electron chi connectivity index (χ2n) is 5.42. The van der Waals surface area contributed by atoms with Gasteiger partial charge in [-0.2, -0.15) is 0 Å². The molecule has 18 heavy (non-hydrogen) atoms. The minimum Gasteiger partial charge on any atom is -0.390 e. The highest BCUT2D eigenvalue weighted by Crippen LogP contribution is 2.12. The molecule has 0 aromatic rings. The second-order valence-corrected chi connectivity index (χ2v) is 5.42. The Balaban J connectivity index is 1.61. The first-order chi connectivity index (χ1) is 8.74. The van der Waals surface area contributed by atoms with Gasteiger partial charge in [0.15, 0.2) is 0 Å². The number of nitrogens with zero attached hydrogens (tertiary/aromatic N) is 2. The number of hydrogen-bond donors (Lipinski definition) is 1. The third-order valence-corrected chi connectivity index (χ3v) is 3.63. The molecule has 2 heterocycles. The van der Waals surface area contributed by atoms with Crippen LogP contribution < -0.4 is 0 Å². The molecular formula is C13H26N2O3. The van der Waals surface area contributed by atoms with E-state index in [1.165, 1.54) is 6.42 Å². The number of morpholine rings is 1. The average molecular weight is 258 g/mol. The number of likely N-dealkylation sites (N-methyl/N-ethyl adjacent to an activating group) is 1. The van der Waals surface area contributed by atoms with E-state index in [9.17, 15) is 5.11 Å². The summed E-state index contributed by atoms with van der Waals surface area (Å²) in [6, 6.07) is 0. The third kappa shape index (κ3) is 4.82. The largest absolute Gasteiger partial charge is 0.390 e. The van der Waals surface area contributed by atoms with E-state index in [-0.39, 0.29) is 6.10 Å². The predicted molar refractivity (Wildman–Crippen MR) is 69.7 cm³/mol. The zero-order valence-electron chi connectivity index (χ0n) is 11.4. The van der Waals surface area contributed by atoms with Crippen molar-refractivity contribution in [3.63, 3.8) is 0 Å². The van der Waals surface area contributed by atoms with Crippen molar-refractivity contribution in [1.82, 2.24) is 9.80 Å². The number of ether oxygens (including phenoxy) is 2. The Morgan fingerprint density at radius 2 is 2.11 bits per heavy atom. The van der Waals surface area contributed by atoms with Crippen LogP contribution in [0.3, 0.4) is 0 Å². The van der Waals surface area contributed by atoms with E-state index >= 15 is 0 Å². The zero-order chi connectivity index (χ0) is 12.8. The molecule has 2 unspecified atom stereocenters. The fourth-order valence-electron chi connectivity index (χ4n) is 2.71. The van der Waals surface area contributed by atoms with Crippen molar-refractivity contribution in [3.05, 3.63) is 0 Å². The van der Waals surface area contributed by atoms with Crippen LogP contribution in [0.1, 0.15) is 12.8 Å². The monoisotopic (exact) mass is 258 g/mol. The van der Waals surface area contributed by atoms with Gasteiger partial charge >= 0.3 is 0 Å². The van der Waals surface area contributed by atoms with Gasteiger partial charge in [0.1, 0.15) is 0 Å². The smallest absolute Gasteiger partial charge is 0.0793 e. The van der Waals surface area contributed by atoms with Crippen molar-refractivity contribution in [1.29, 1.82) is 0 Å². The summed E-state index contributed by atoms with van der Waals surface area (Å²) in [6.07, 6.45) is 2.42. The quantitative estimate of drug-likeness (QED) is 0.714. The molecule has 2 fully saturated rings. The molecule has 2 rings (SSSR count). The number of aliphatic hydroxyl groups is 1. The molecule has 2 atom stereocenters. The van der Waals surface area contributed by atoms with Gasteiger partial charge in [-0.15, -0.1) is 0 Å². The SMILES string of the molecule is CN(CC(O)CN1CCOCC1)CC1CCCO1. The number of β-amino-alcohol motifs (C(OH)–C–C–N with tert-alkyl or cyclic N) is 1. The Morgan fingerprint density at radius 3 is 2.78 bits per heavy atom. The fraction of sp³-hybridized carbons (Fsp3) is 1.00. The lowest BCUT2D eigenvalue weighted by atomic mass is 10.2. The van der Waals surface area contributed by atoms with Crippen molar-refractivity contribution in [2.45, 2.75) is 25.0 Å². The van der Waals surface area contributed by atoms with Gasteiger partial charge in [-0.25, -0.2) is 0 Å². The normalized spacial score (nSPS) is 27.8. The van der Waals surface area contributed by atoms with Crippen molar-refractivity contribution in [2.24, 2.45) is 0 Å². The molecule has 0 amide bonds. The Labute approximate surface area is 110 Å². The van der Waals surface area contributed by atoms with Crippen LogP contribution in [-0.2, 0) is 9.47 Å². The Bertz CT molecular complexity index is 228. The Morgan fingerprint density at radius 1 is 1.33 bits per heavy atom. The molecule has 0 aliphatic carbocycles. The van der Waals surface area contributed by atoms with E-state index in [2.05, 4.69) is 16.8 Å². The summed E-state index contributed by atoms with van der Waals surface area (Å²) in [5, 5.41) is 10.1. The topological polar surface area (TPSA) is 45.2 Å². The first-order valence-electron chi connectivity index (χ1n) is 7.02. The van der Waals surface area contributed by atoms with Crippen LogP contribution in [0.15, 0.2) is 0 Å². The fourth-order valence-corrected chi connectivity index (χ4v) is 2.71. The van der Waals surface area contributed by atoms with Crippen LogP contribution in [-0.4, -0.2) is 86.7 Å². The van der Waals surface area contributed by atoms with Gasteiger partial charge in [0.25, 0.3) is 0 Å². The van der Waals surface area contributed by atoms with Gasteiger partial charge in [-0.3, -0.25) is 4.90 Å². The molecule has 2 aliphatic rings. The lowest BCUT2D eigenvalue weighted by Crippen LogP contribution is -2.44. The molecule has 5 nitrogen and oxygen atoms in total. The molecule has 1 N–H and O–H groups in total. The average Bonchev–Trinajstić information content (AvgIpc) is 2.82. The highest BCUT2D eigenvalue weighted by Gasteiger charge is 2.20. The molecule has 2 saturated heterocycles. The molecule has 5 heteroatoms. The predicted octanol–water partition coefficient (Wildman–Crippen LogP) is -0.210. The van der Waals surface area contributed by atoms with Crippen LogP contribution in [0.2, 0.25) is 0 Å². The summed E-state index contributed by atoms with van der Waals surface area (Å²) in [5.41, 5.74) is 0. The standard InChI is InChI=1S/C13H26N2O3/c1-14(11-13-3-2-6-18-13)9-12(16)10-15-4-7-17-8-5-15/h12-13,16H,2-11H2,1H3. The van der Waals surface area contributed by atoms with Gasteiger partial charge in [-0.05, 0) is 19.9 Å². The van der Waals surface area contributed by atoms with Crippen molar-refractivity contribution in [3.8, 4) is 0 Å². The highest BCUT2D eigenvalue weighted by molar-refractivity contribution is 4.73. The van der Waals surface area contributed by atoms with Crippen LogP contribution in [0.25, 0.3) is 0 Å². The first kappa shape index (κ1) is 14.2. The summed E-state index contributed by atoms with van der Waals surface area (Å²) in [7, 11) is 2.06. The lowest BCUT2D eigenvalue weighted by molar-refractivity contribution is 0.00437. The summed E-state index contributed by atoms with van der Waals surface area (Å²) in [6.45, 7) is 6.75. The summed E-state index contributed by atoms with van der Waals surface area (Å²) < 4.78 is 10.9. The molecular weight excluding hydrogens is 232 g/mol. The minimum absolute atomic E-state index is 0.283. The van der Waals surface area contributed by atoms with Crippen LogP contribution in [0.4, 0.5) is 0 Å². The molecule has 106 valence electrons.